The quantitative estimate of drug-likeness (QED) is 0.905. The lowest BCUT2D eigenvalue weighted by Crippen LogP contribution is -2.19. The Labute approximate surface area is 127 Å². The number of aliphatic imine (C=N–C) groups is 1. The minimum Gasteiger partial charge on any atom is -0.495 e. The number of nitrogens with two attached hydrogens (primary N) is 1. The van der Waals surface area contributed by atoms with Gasteiger partial charge in [-0.15, -0.1) is 0 Å². The van der Waals surface area contributed by atoms with Crippen molar-refractivity contribution in [1.29, 1.82) is 5.41 Å². The highest BCUT2D eigenvalue weighted by Gasteiger charge is 2.34. The van der Waals surface area contributed by atoms with Gasteiger partial charge in [0, 0.05) is 0 Å². The maximum atomic E-state index is 7.91. The number of hydrogen-bond acceptors (Lipinski definition) is 6. The molecule has 1 aromatic carbocycles. The molecule has 0 bridgehead atoms. The molecule has 0 unspecified atom stereocenters. The molecular weight excluding hydrogens is 282 g/mol. The minimum atomic E-state index is -0.771. The molecule has 1 aliphatic heterocycles. The minimum absolute atomic E-state index is 0.0259. The molecule has 22 heavy (non-hydrogen) atoms. The maximum Gasteiger partial charge on any atom is 0.236 e. The Morgan fingerprint density at radius 2 is 2.05 bits per heavy atom. The highest BCUT2D eigenvalue weighted by molar-refractivity contribution is 6.46. The van der Waals surface area contributed by atoms with Gasteiger partial charge < -0.3 is 15.2 Å². The van der Waals surface area contributed by atoms with Crippen LogP contribution in [-0.2, 0) is 4.74 Å². The van der Waals surface area contributed by atoms with Gasteiger partial charge in [0.15, 0.2) is 11.4 Å². The zero-order valence-corrected chi connectivity index (χ0v) is 12.6. The van der Waals surface area contributed by atoms with Crippen molar-refractivity contribution in [3.05, 3.63) is 36.3 Å². The van der Waals surface area contributed by atoms with Crippen LogP contribution in [0.1, 0.15) is 19.5 Å². The number of nitrogens with zero attached hydrogens (tertiary/aromatic N) is 3. The van der Waals surface area contributed by atoms with Gasteiger partial charge in [0.05, 0.1) is 12.8 Å². The summed E-state index contributed by atoms with van der Waals surface area (Å²) in [6, 6.07) is 7.49. The topological polar surface area (TPSA) is 98.5 Å². The van der Waals surface area contributed by atoms with Gasteiger partial charge in [-0.3, -0.25) is 9.98 Å². The molecule has 0 atom stereocenters. The molecule has 0 saturated heterocycles. The van der Waals surface area contributed by atoms with E-state index in [1.807, 2.05) is 24.3 Å². The second-order valence-corrected chi connectivity index (χ2v) is 5.36. The number of benzene rings is 1. The lowest BCUT2D eigenvalue weighted by Gasteiger charge is -2.12. The summed E-state index contributed by atoms with van der Waals surface area (Å²) in [6.45, 7) is 3.56. The van der Waals surface area contributed by atoms with E-state index in [1.165, 1.54) is 0 Å². The molecular formula is C15H17N5O2. The number of para-hydroxylation sites is 2. The Balaban J connectivity index is 2.09. The monoisotopic (exact) mass is 299 g/mol. The summed E-state index contributed by atoms with van der Waals surface area (Å²) in [5, 5.41) is 7.91. The normalized spacial score (nSPS) is 16.3. The van der Waals surface area contributed by atoms with Crippen molar-refractivity contribution in [3.63, 3.8) is 0 Å². The lowest BCUT2D eigenvalue weighted by atomic mass is 10.2. The van der Waals surface area contributed by atoms with Crippen LogP contribution >= 0.6 is 0 Å². The fourth-order valence-corrected chi connectivity index (χ4v) is 2.36. The van der Waals surface area contributed by atoms with E-state index in [-0.39, 0.29) is 5.90 Å². The second-order valence-electron chi connectivity index (χ2n) is 5.36. The van der Waals surface area contributed by atoms with Crippen LogP contribution in [0.3, 0.4) is 0 Å². The van der Waals surface area contributed by atoms with Gasteiger partial charge in [-0.2, -0.15) is 0 Å². The van der Waals surface area contributed by atoms with Gasteiger partial charge in [-0.25, -0.2) is 9.98 Å². The van der Waals surface area contributed by atoms with Gasteiger partial charge in [0.2, 0.25) is 5.90 Å². The maximum absolute atomic E-state index is 7.91. The predicted molar refractivity (Wildman–Crippen MR) is 84.0 cm³/mol. The van der Waals surface area contributed by atoms with E-state index < -0.39 is 5.72 Å². The largest absolute Gasteiger partial charge is 0.495 e. The molecule has 0 aliphatic carbocycles. The molecule has 1 aliphatic rings. The molecule has 7 heteroatoms. The average Bonchev–Trinajstić information content (AvgIpc) is 2.98. The van der Waals surface area contributed by atoms with E-state index >= 15 is 0 Å². The molecule has 0 radical (unpaired) electrons. The number of ether oxygens (including phenoxy) is 2. The van der Waals surface area contributed by atoms with Gasteiger partial charge in [0.1, 0.15) is 23.6 Å². The first-order valence-corrected chi connectivity index (χ1v) is 6.77. The SMILES string of the molecule is COc1ccccc1-n1cnc(C2=NC(C)(C)OC2=N)c1N. The Morgan fingerprint density at radius 1 is 1.32 bits per heavy atom. The van der Waals surface area contributed by atoms with E-state index in [4.69, 9.17) is 20.6 Å². The summed E-state index contributed by atoms with van der Waals surface area (Å²) in [4.78, 5) is 8.66. The van der Waals surface area contributed by atoms with Crippen molar-refractivity contribution in [1.82, 2.24) is 9.55 Å². The van der Waals surface area contributed by atoms with Gasteiger partial charge >= 0.3 is 0 Å². The standard InChI is InChI=1S/C15H17N5O2/c1-15(2)19-12(14(17)22-15)11-13(16)20(8-18-11)9-6-4-5-7-10(9)21-3/h4-8,17H,16H2,1-3H3. The summed E-state index contributed by atoms with van der Waals surface area (Å²) in [7, 11) is 1.60. The van der Waals surface area contributed by atoms with Crippen LogP contribution in [-0.4, -0.2) is 34.0 Å². The molecule has 0 amide bonds. The van der Waals surface area contributed by atoms with Gasteiger partial charge in [-0.1, -0.05) is 12.1 Å². The van der Waals surface area contributed by atoms with Crippen LogP contribution < -0.4 is 10.5 Å². The third kappa shape index (κ3) is 2.20. The molecule has 114 valence electrons. The molecule has 2 aromatic rings. The Hall–Kier alpha value is -2.83. The average molecular weight is 299 g/mol. The molecule has 0 fully saturated rings. The van der Waals surface area contributed by atoms with Gasteiger partial charge in [0.25, 0.3) is 0 Å². The highest BCUT2D eigenvalue weighted by atomic mass is 16.5. The second kappa shape index (κ2) is 4.87. The number of anilines is 1. The van der Waals surface area contributed by atoms with Crippen LogP contribution in [0.2, 0.25) is 0 Å². The number of imidazole rings is 1. The number of rotatable bonds is 3. The first-order chi connectivity index (χ1) is 10.4. The third-order valence-corrected chi connectivity index (χ3v) is 3.32. The Morgan fingerprint density at radius 3 is 2.68 bits per heavy atom. The van der Waals surface area contributed by atoms with Crippen molar-refractivity contribution in [2.75, 3.05) is 12.8 Å². The van der Waals surface area contributed by atoms with E-state index in [9.17, 15) is 0 Å². The number of aromatic nitrogens is 2. The fraction of sp³-hybridized carbons (Fsp3) is 0.267. The smallest absolute Gasteiger partial charge is 0.236 e. The summed E-state index contributed by atoms with van der Waals surface area (Å²) < 4.78 is 12.4. The molecule has 0 saturated carbocycles. The van der Waals surface area contributed by atoms with Crippen molar-refractivity contribution < 1.29 is 9.47 Å². The molecule has 0 spiro atoms. The first kappa shape index (κ1) is 14.1. The predicted octanol–water partition coefficient (Wildman–Crippen LogP) is 2.00. The van der Waals surface area contributed by atoms with Crippen LogP contribution in [0.4, 0.5) is 5.82 Å². The summed E-state index contributed by atoms with van der Waals surface area (Å²) >= 11 is 0. The molecule has 1 aromatic heterocycles. The van der Waals surface area contributed by atoms with Crippen LogP contribution in [0.25, 0.3) is 5.69 Å². The number of methoxy groups -OCH3 is 1. The number of nitrogen functional groups attached to an aromatic ring is 1. The highest BCUT2D eigenvalue weighted by Crippen LogP contribution is 2.28. The van der Waals surface area contributed by atoms with Gasteiger partial charge in [-0.05, 0) is 26.0 Å². The number of nitrogens with one attached hydrogen (secondary N) is 1. The fourth-order valence-electron chi connectivity index (χ4n) is 2.36. The summed E-state index contributed by atoms with van der Waals surface area (Å²) in [5.74, 6) is 1.04. The zero-order chi connectivity index (χ0) is 15.9. The van der Waals surface area contributed by atoms with Crippen LogP contribution in [0.5, 0.6) is 5.75 Å². The van der Waals surface area contributed by atoms with Crippen LogP contribution in [0, 0.1) is 5.41 Å². The van der Waals surface area contributed by atoms with Crippen molar-refractivity contribution >= 4 is 17.4 Å². The van der Waals surface area contributed by atoms with Crippen molar-refractivity contribution in [2.24, 2.45) is 4.99 Å². The Kier molecular flexibility index (Phi) is 3.13. The third-order valence-electron chi connectivity index (χ3n) is 3.32. The van der Waals surface area contributed by atoms with Crippen molar-refractivity contribution in [2.45, 2.75) is 19.6 Å². The molecule has 7 nitrogen and oxygen atoms in total. The van der Waals surface area contributed by atoms with E-state index in [1.54, 1.807) is 31.9 Å². The van der Waals surface area contributed by atoms with E-state index in [0.717, 1.165) is 5.69 Å². The zero-order valence-electron chi connectivity index (χ0n) is 12.6. The Bertz CT molecular complexity index is 776. The molecule has 3 N–H and O–H groups in total. The summed E-state index contributed by atoms with van der Waals surface area (Å²) in [5.41, 5.74) is 6.99. The van der Waals surface area contributed by atoms with Crippen LogP contribution in [0.15, 0.2) is 35.6 Å². The molecule has 2 heterocycles. The summed E-state index contributed by atoms with van der Waals surface area (Å²) in [6.07, 6.45) is 1.59. The van der Waals surface area contributed by atoms with E-state index in [2.05, 4.69) is 9.98 Å². The number of hydrogen-bond donors (Lipinski definition) is 2. The molecule has 3 rings (SSSR count). The first-order valence-electron chi connectivity index (χ1n) is 6.77. The van der Waals surface area contributed by atoms with E-state index in [0.29, 0.717) is 23.0 Å². The van der Waals surface area contributed by atoms with Crippen molar-refractivity contribution in [3.8, 4) is 11.4 Å². The lowest BCUT2D eigenvalue weighted by molar-refractivity contribution is 0.121.